The SMILES string of the molecule is O=C(OP(=O)([O-])[O-])C(=O)OP(=O)([O-])[O-].[Ca+2].[Ca+2]. The van der Waals surface area contributed by atoms with Gasteiger partial charge in [0.15, 0.2) is 0 Å². The van der Waals surface area contributed by atoms with Crippen molar-refractivity contribution in [2.24, 2.45) is 0 Å². The van der Waals surface area contributed by atoms with Crippen molar-refractivity contribution in [3.8, 4) is 0 Å². The fourth-order valence-electron chi connectivity index (χ4n) is 0.278. The van der Waals surface area contributed by atoms with Crippen LogP contribution in [0.5, 0.6) is 0 Å². The number of hydrogen-bond acceptors (Lipinski definition) is 10. The average Bonchev–Trinajstić information content (AvgIpc) is 1.78. The predicted molar refractivity (Wildman–Crippen MR) is 38.9 cm³/mol. The van der Waals surface area contributed by atoms with E-state index in [4.69, 9.17) is 0 Å². The minimum atomic E-state index is -5.79. The summed E-state index contributed by atoms with van der Waals surface area (Å²) in [5, 5.41) is 0. The number of carbonyl (C=O) groups excluding carboxylic acids is 2. The zero-order valence-corrected chi connectivity index (χ0v) is 13.6. The van der Waals surface area contributed by atoms with E-state index >= 15 is 0 Å². The summed E-state index contributed by atoms with van der Waals surface area (Å²) in [6, 6.07) is 0. The summed E-state index contributed by atoms with van der Waals surface area (Å²) in [6.07, 6.45) is 0. The normalized spacial score (nSPS) is 10.5. The summed E-state index contributed by atoms with van der Waals surface area (Å²) < 4.78 is 25.2. The minimum Gasteiger partial charge on any atom is -0.780 e. The first-order valence-corrected chi connectivity index (χ1v) is 5.45. The van der Waals surface area contributed by atoms with Gasteiger partial charge >= 0.3 is 87.4 Å². The maximum Gasteiger partial charge on any atom is 2.00 e. The Labute approximate surface area is 148 Å². The molecule has 0 aromatic heterocycles. The van der Waals surface area contributed by atoms with E-state index in [-0.39, 0.29) is 75.5 Å². The summed E-state index contributed by atoms with van der Waals surface area (Å²) in [5.41, 5.74) is 0. The molecule has 0 heterocycles. The zero-order chi connectivity index (χ0) is 11.6. The first-order valence-electron chi connectivity index (χ1n) is 2.53. The fraction of sp³-hybridized carbons (Fsp3) is 0. The molecule has 0 aliphatic heterocycles. The van der Waals surface area contributed by atoms with E-state index in [0.29, 0.717) is 0 Å². The van der Waals surface area contributed by atoms with E-state index in [1.54, 1.807) is 0 Å². The number of phosphoric acid groups is 2. The number of rotatable bonds is 2. The molecule has 0 saturated carbocycles. The Morgan fingerprint density at radius 1 is 0.750 bits per heavy atom. The third-order valence-corrected chi connectivity index (χ3v) is 1.33. The van der Waals surface area contributed by atoms with E-state index in [0.717, 1.165) is 0 Å². The van der Waals surface area contributed by atoms with E-state index in [9.17, 15) is 38.3 Å². The quantitative estimate of drug-likeness (QED) is 0.271. The summed E-state index contributed by atoms with van der Waals surface area (Å²) in [4.78, 5) is 59.2. The van der Waals surface area contributed by atoms with Gasteiger partial charge in [0, 0.05) is 0 Å². The van der Waals surface area contributed by atoms with Gasteiger partial charge in [-0.3, -0.25) is 0 Å². The Morgan fingerprint density at radius 3 is 1.06 bits per heavy atom. The molecule has 0 radical (unpaired) electrons. The van der Waals surface area contributed by atoms with Crippen LogP contribution < -0.4 is 19.6 Å². The second-order valence-corrected chi connectivity index (χ2v) is 3.81. The number of carbonyl (C=O) groups is 2. The third kappa shape index (κ3) is 13.8. The van der Waals surface area contributed by atoms with Gasteiger partial charge in [-0.2, -0.15) is 0 Å². The Kier molecular flexibility index (Phi) is 12.6. The number of hydrogen-bond donors (Lipinski definition) is 0. The van der Waals surface area contributed by atoms with Crippen LogP contribution in [0.4, 0.5) is 0 Å². The van der Waals surface area contributed by atoms with Crippen molar-refractivity contribution in [3.05, 3.63) is 0 Å². The average molecular weight is 326 g/mol. The van der Waals surface area contributed by atoms with Crippen molar-refractivity contribution in [3.63, 3.8) is 0 Å². The van der Waals surface area contributed by atoms with Crippen LogP contribution in [0.15, 0.2) is 0 Å². The van der Waals surface area contributed by atoms with Crippen molar-refractivity contribution in [2.75, 3.05) is 0 Å². The van der Waals surface area contributed by atoms with Crippen molar-refractivity contribution in [1.29, 1.82) is 0 Å². The van der Waals surface area contributed by atoms with Gasteiger partial charge < -0.3 is 37.8 Å². The van der Waals surface area contributed by atoms with Crippen LogP contribution in [0.1, 0.15) is 0 Å². The molecule has 10 nitrogen and oxygen atoms in total. The van der Waals surface area contributed by atoms with E-state index < -0.39 is 27.6 Å². The van der Waals surface area contributed by atoms with Crippen molar-refractivity contribution in [1.82, 2.24) is 0 Å². The van der Waals surface area contributed by atoms with Gasteiger partial charge in [-0.15, -0.1) is 0 Å². The van der Waals surface area contributed by atoms with Crippen LogP contribution >= 0.6 is 15.6 Å². The van der Waals surface area contributed by atoms with Crippen molar-refractivity contribution >= 4 is 103 Å². The van der Waals surface area contributed by atoms with Gasteiger partial charge in [-0.25, -0.2) is 9.59 Å². The maximum absolute atomic E-state index is 10.2. The van der Waals surface area contributed by atoms with Gasteiger partial charge in [-0.05, 0) is 0 Å². The molecule has 82 valence electrons. The van der Waals surface area contributed by atoms with Crippen molar-refractivity contribution in [2.45, 2.75) is 0 Å². The van der Waals surface area contributed by atoms with Gasteiger partial charge in [0.1, 0.15) is 15.6 Å². The molecule has 0 saturated heterocycles. The molecule has 16 heavy (non-hydrogen) atoms. The Morgan fingerprint density at radius 2 is 0.938 bits per heavy atom. The third-order valence-electron chi connectivity index (χ3n) is 0.556. The first kappa shape index (κ1) is 22.9. The summed E-state index contributed by atoms with van der Waals surface area (Å²) in [7, 11) is -11.6. The molecule has 0 amide bonds. The molecule has 0 fully saturated rings. The van der Waals surface area contributed by atoms with Crippen LogP contribution in [0.3, 0.4) is 0 Å². The monoisotopic (exact) mass is 326 g/mol. The largest absolute Gasteiger partial charge is 2.00 e. The van der Waals surface area contributed by atoms with Crippen LogP contribution in [0.25, 0.3) is 0 Å². The van der Waals surface area contributed by atoms with Crippen LogP contribution in [0, 0.1) is 0 Å². The van der Waals surface area contributed by atoms with Crippen LogP contribution in [-0.2, 0) is 27.8 Å². The summed E-state index contributed by atoms with van der Waals surface area (Å²) in [5.74, 6) is -4.82. The zero-order valence-electron chi connectivity index (χ0n) is 7.39. The van der Waals surface area contributed by atoms with Crippen LogP contribution in [0.2, 0.25) is 0 Å². The van der Waals surface area contributed by atoms with Gasteiger partial charge in [0.05, 0.1) is 0 Å². The molecule has 0 aliphatic rings. The molecule has 0 aromatic rings. The molecule has 0 aromatic carbocycles. The molecule has 0 atom stereocenters. The predicted octanol–water partition coefficient (Wildman–Crippen LogP) is -5.03. The van der Waals surface area contributed by atoms with Gasteiger partial charge in [0.25, 0.3) is 0 Å². The number of phosphoric ester groups is 2. The smallest absolute Gasteiger partial charge is 0.780 e. The Balaban J connectivity index is -0.000000845. The molecular formula is C2Ca2O10P2. The van der Waals surface area contributed by atoms with E-state index in [2.05, 4.69) is 9.05 Å². The van der Waals surface area contributed by atoms with Crippen molar-refractivity contribution < 1.29 is 47.3 Å². The van der Waals surface area contributed by atoms with Gasteiger partial charge in [0.2, 0.25) is 0 Å². The van der Waals surface area contributed by atoms with E-state index in [1.807, 2.05) is 0 Å². The second-order valence-electron chi connectivity index (χ2n) is 1.65. The summed E-state index contributed by atoms with van der Waals surface area (Å²) in [6.45, 7) is 0. The molecule has 0 unspecified atom stereocenters. The summed E-state index contributed by atoms with van der Waals surface area (Å²) >= 11 is 0. The van der Waals surface area contributed by atoms with E-state index in [1.165, 1.54) is 0 Å². The fourth-order valence-corrected chi connectivity index (χ4v) is 0.833. The molecule has 0 N–H and O–H groups in total. The maximum atomic E-state index is 10.2. The first-order chi connectivity index (χ1) is 6.01. The van der Waals surface area contributed by atoms with Crippen LogP contribution in [-0.4, -0.2) is 87.4 Å². The molecule has 14 heteroatoms. The molecule has 0 spiro atoms. The Bertz CT molecular complexity index is 305. The Hall–Kier alpha value is 1.76. The molecule has 0 rings (SSSR count). The minimum absolute atomic E-state index is 0. The molecule has 0 aliphatic carbocycles. The second kappa shape index (κ2) is 8.79. The molecule has 0 bridgehead atoms. The van der Waals surface area contributed by atoms with Gasteiger partial charge in [-0.1, -0.05) is 0 Å². The topological polar surface area (TPSA) is 179 Å². The molecular weight excluding hydrogens is 326 g/mol. The standard InChI is InChI=1S/C2H4O10P2.2Ca/c3-1(11-13(5,6)7)2(4)12-14(8,9)10;;/h(H2,5,6,7)(H2,8,9,10);;/q;2*+2/p-4.